The average Bonchev–Trinajstić information content (AvgIpc) is 2.87. The molecule has 0 spiro atoms. The van der Waals surface area contributed by atoms with Gasteiger partial charge in [-0.25, -0.2) is 4.79 Å². The first-order chi connectivity index (χ1) is 9.52. The zero-order chi connectivity index (χ0) is 15.0. The van der Waals surface area contributed by atoms with Gasteiger partial charge in [-0.3, -0.25) is 4.79 Å². The molecule has 0 aromatic rings. The highest BCUT2D eigenvalue weighted by Gasteiger charge is 2.27. The van der Waals surface area contributed by atoms with Crippen LogP contribution in [-0.2, 0) is 14.3 Å². The van der Waals surface area contributed by atoms with Gasteiger partial charge in [0.05, 0.1) is 0 Å². The van der Waals surface area contributed by atoms with Crippen LogP contribution in [0.3, 0.4) is 0 Å². The van der Waals surface area contributed by atoms with E-state index in [-0.39, 0.29) is 18.0 Å². The largest absolute Gasteiger partial charge is 0.461 e. The topological polar surface area (TPSA) is 81.4 Å². The summed E-state index contributed by atoms with van der Waals surface area (Å²) in [7, 11) is 0. The lowest BCUT2D eigenvalue weighted by molar-refractivity contribution is -0.153. The number of rotatable bonds is 8. The number of hydrogen-bond acceptors (Lipinski definition) is 4. The predicted octanol–water partition coefficient (Wildman–Crippen LogP) is 1.74. The Hall–Kier alpha value is -1.10. The van der Waals surface area contributed by atoms with Crippen molar-refractivity contribution < 1.29 is 14.3 Å². The van der Waals surface area contributed by atoms with Gasteiger partial charge in [0, 0.05) is 6.42 Å². The second-order valence-electron chi connectivity index (χ2n) is 5.99. The second kappa shape index (κ2) is 8.95. The molecule has 0 unspecified atom stereocenters. The number of carbonyl (C=O) groups excluding carboxylic acids is 2. The summed E-state index contributed by atoms with van der Waals surface area (Å²) in [5.41, 5.74) is 5.39. The van der Waals surface area contributed by atoms with Gasteiger partial charge in [-0.15, -0.1) is 0 Å². The SMILES string of the molecule is CC(C)C[C@H](NC(=O)CCCN)C(=O)OC1CCCC1. The van der Waals surface area contributed by atoms with Crippen molar-refractivity contribution in [3.63, 3.8) is 0 Å². The van der Waals surface area contributed by atoms with Gasteiger partial charge >= 0.3 is 5.97 Å². The van der Waals surface area contributed by atoms with Crippen LogP contribution >= 0.6 is 0 Å². The lowest BCUT2D eigenvalue weighted by Crippen LogP contribution is -2.43. The van der Waals surface area contributed by atoms with E-state index in [2.05, 4.69) is 5.32 Å². The third-order valence-corrected chi connectivity index (χ3v) is 3.52. The first-order valence-electron chi connectivity index (χ1n) is 7.72. The van der Waals surface area contributed by atoms with Gasteiger partial charge in [0.25, 0.3) is 0 Å². The molecule has 5 nitrogen and oxygen atoms in total. The summed E-state index contributed by atoms with van der Waals surface area (Å²) >= 11 is 0. The Labute approximate surface area is 121 Å². The monoisotopic (exact) mass is 284 g/mol. The van der Waals surface area contributed by atoms with Gasteiger partial charge in [-0.2, -0.15) is 0 Å². The molecule has 1 fully saturated rings. The van der Waals surface area contributed by atoms with Crippen molar-refractivity contribution in [1.29, 1.82) is 0 Å². The van der Waals surface area contributed by atoms with Gasteiger partial charge in [0.15, 0.2) is 0 Å². The number of esters is 1. The highest BCUT2D eigenvalue weighted by atomic mass is 16.5. The van der Waals surface area contributed by atoms with E-state index in [9.17, 15) is 9.59 Å². The van der Waals surface area contributed by atoms with Gasteiger partial charge in [-0.05, 0) is 51.0 Å². The van der Waals surface area contributed by atoms with Gasteiger partial charge in [0.2, 0.25) is 5.91 Å². The summed E-state index contributed by atoms with van der Waals surface area (Å²) in [6, 6.07) is -0.527. The van der Waals surface area contributed by atoms with Crippen LogP contribution in [0.5, 0.6) is 0 Å². The van der Waals surface area contributed by atoms with E-state index in [0.29, 0.717) is 31.7 Å². The van der Waals surface area contributed by atoms with Crippen LogP contribution in [-0.4, -0.2) is 30.6 Å². The Morgan fingerprint density at radius 1 is 1.30 bits per heavy atom. The fraction of sp³-hybridized carbons (Fsp3) is 0.867. The molecule has 1 saturated carbocycles. The summed E-state index contributed by atoms with van der Waals surface area (Å²) in [4.78, 5) is 23.9. The van der Waals surface area contributed by atoms with Gasteiger partial charge in [0.1, 0.15) is 12.1 Å². The summed E-state index contributed by atoms with van der Waals surface area (Å²) < 4.78 is 5.50. The molecule has 116 valence electrons. The summed E-state index contributed by atoms with van der Waals surface area (Å²) in [6.07, 6.45) is 5.78. The maximum Gasteiger partial charge on any atom is 0.328 e. The van der Waals surface area contributed by atoms with Crippen LogP contribution in [0, 0.1) is 5.92 Å². The zero-order valence-corrected chi connectivity index (χ0v) is 12.7. The van der Waals surface area contributed by atoms with E-state index in [1.807, 2.05) is 13.8 Å². The normalized spacial score (nSPS) is 17.2. The number of nitrogens with one attached hydrogen (secondary N) is 1. The van der Waals surface area contributed by atoms with E-state index in [4.69, 9.17) is 10.5 Å². The van der Waals surface area contributed by atoms with E-state index in [1.165, 1.54) is 0 Å². The molecule has 0 heterocycles. The lowest BCUT2D eigenvalue weighted by Gasteiger charge is -2.21. The van der Waals surface area contributed by atoms with Gasteiger partial charge in [-0.1, -0.05) is 13.8 Å². The van der Waals surface area contributed by atoms with Crippen LogP contribution in [0.25, 0.3) is 0 Å². The fourth-order valence-corrected chi connectivity index (χ4v) is 2.47. The standard InChI is InChI=1S/C15H28N2O3/c1-11(2)10-13(17-14(18)8-5-9-16)15(19)20-12-6-3-4-7-12/h11-13H,3-10,16H2,1-2H3,(H,17,18)/t13-/m0/s1. The average molecular weight is 284 g/mol. The molecule has 5 heteroatoms. The summed E-state index contributed by atoms with van der Waals surface area (Å²) in [5, 5.41) is 2.79. The zero-order valence-electron chi connectivity index (χ0n) is 12.7. The van der Waals surface area contributed by atoms with Crippen LogP contribution in [0.15, 0.2) is 0 Å². The third-order valence-electron chi connectivity index (χ3n) is 3.52. The molecule has 1 amide bonds. The molecule has 0 saturated heterocycles. The fourth-order valence-electron chi connectivity index (χ4n) is 2.47. The minimum absolute atomic E-state index is 0.0399. The first-order valence-corrected chi connectivity index (χ1v) is 7.72. The number of nitrogens with two attached hydrogens (primary N) is 1. The summed E-state index contributed by atoms with van der Waals surface area (Å²) in [6.45, 7) is 4.54. The van der Waals surface area contributed by atoms with E-state index in [0.717, 1.165) is 25.7 Å². The molecule has 0 aromatic heterocycles. The van der Waals surface area contributed by atoms with Crippen LogP contribution in [0.1, 0.15) is 58.8 Å². The Morgan fingerprint density at radius 2 is 1.95 bits per heavy atom. The molecule has 1 aliphatic carbocycles. The maximum atomic E-state index is 12.2. The molecule has 0 aliphatic heterocycles. The second-order valence-corrected chi connectivity index (χ2v) is 5.99. The minimum atomic E-state index is -0.527. The van der Waals surface area contributed by atoms with Crippen LogP contribution in [0.2, 0.25) is 0 Å². The van der Waals surface area contributed by atoms with Crippen molar-refractivity contribution in [1.82, 2.24) is 5.32 Å². The molecule has 20 heavy (non-hydrogen) atoms. The molecular formula is C15H28N2O3. The van der Waals surface area contributed by atoms with Crippen molar-refractivity contribution in [3.8, 4) is 0 Å². The van der Waals surface area contributed by atoms with Crippen molar-refractivity contribution in [2.45, 2.75) is 70.9 Å². The van der Waals surface area contributed by atoms with Crippen LogP contribution in [0.4, 0.5) is 0 Å². The highest BCUT2D eigenvalue weighted by Crippen LogP contribution is 2.22. The van der Waals surface area contributed by atoms with E-state index >= 15 is 0 Å². The Bertz CT molecular complexity index is 312. The smallest absolute Gasteiger partial charge is 0.328 e. The molecule has 0 radical (unpaired) electrons. The number of carbonyl (C=O) groups is 2. The number of amides is 1. The molecule has 3 N–H and O–H groups in total. The Balaban J connectivity index is 2.48. The Morgan fingerprint density at radius 3 is 2.50 bits per heavy atom. The predicted molar refractivity (Wildman–Crippen MR) is 78.0 cm³/mol. The number of hydrogen-bond donors (Lipinski definition) is 2. The Kier molecular flexibility index (Phi) is 7.59. The van der Waals surface area contributed by atoms with Crippen molar-refractivity contribution in [2.24, 2.45) is 11.7 Å². The molecule has 1 aliphatic rings. The lowest BCUT2D eigenvalue weighted by atomic mass is 10.0. The quantitative estimate of drug-likeness (QED) is 0.665. The third kappa shape index (κ3) is 6.37. The molecule has 1 rings (SSSR count). The van der Waals surface area contributed by atoms with Crippen molar-refractivity contribution >= 4 is 11.9 Å². The molecule has 1 atom stereocenters. The van der Waals surface area contributed by atoms with Gasteiger partial charge < -0.3 is 15.8 Å². The van der Waals surface area contributed by atoms with Crippen LogP contribution < -0.4 is 11.1 Å². The van der Waals surface area contributed by atoms with E-state index in [1.54, 1.807) is 0 Å². The van der Waals surface area contributed by atoms with Crippen molar-refractivity contribution in [2.75, 3.05) is 6.54 Å². The molecule has 0 bridgehead atoms. The molecule has 0 aromatic carbocycles. The summed E-state index contributed by atoms with van der Waals surface area (Å²) in [5.74, 6) is -0.0814. The molecular weight excluding hydrogens is 256 g/mol. The van der Waals surface area contributed by atoms with Crippen molar-refractivity contribution in [3.05, 3.63) is 0 Å². The number of ether oxygens (including phenoxy) is 1. The minimum Gasteiger partial charge on any atom is -0.461 e. The van der Waals surface area contributed by atoms with E-state index < -0.39 is 6.04 Å². The first kappa shape index (κ1) is 17.0. The maximum absolute atomic E-state index is 12.2. The highest BCUT2D eigenvalue weighted by molar-refractivity contribution is 5.84.